The molecule has 2 unspecified atom stereocenters. The van der Waals surface area contributed by atoms with E-state index in [2.05, 4.69) is 22.3 Å². The van der Waals surface area contributed by atoms with Gasteiger partial charge in [-0.15, -0.1) is 0 Å². The Kier molecular flexibility index (Phi) is 5.56. The van der Waals surface area contributed by atoms with Gasteiger partial charge in [-0.2, -0.15) is 0 Å². The molecule has 1 fully saturated rings. The third-order valence-electron chi connectivity index (χ3n) is 4.03. The molecule has 4 nitrogen and oxygen atoms in total. The van der Waals surface area contributed by atoms with Gasteiger partial charge in [0, 0.05) is 12.6 Å². The minimum Gasteiger partial charge on any atom is -0.480 e. The lowest BCUT2D eigenvalue weighted by Gasteiger charge is -2.29. The molecule has 1 heterocycles. The molecule has 1 aromatic rings. The fourth-order valence-corrected chi connectivity index (χ4v) is 2.85. The number of benzene rings is 1. The Morgan fingerprint density at radius 2 is 1.95 bits per heavy atom. The average Bonchev–Trinajstić information content (AvgIpc) is 2.98. The second-order valence-electron chi connectivity index (χ2n) is 5.38. The number of hydrogen-bond donors (Lipinski definition) is 2. The van der Waals surface area contributed by atoms with Gasteiger partial charge in [0.1, 0.15) is 6.04 Å². The molecule has 0 amide bonds. The van der Waals surface area contributed by atoms with Gasteiger partial charge >= 0.3 is 5.97 Å². The van der Waals surface area contributed by atoms with Crippen LogP contribution in [-0.4, -0.2) is 41.7 Å². The maximum atomic E-state index is 11.1. The minimum absolute atomic E-state index is 0.270. The van der Waals surface area contributed by atoms with Gasteiger partial charge in [0.05, 0.1) is 0 Å². The fraction of sp³-hybridized carbons (Fsp3) is 0.562. The van der Waals surface area contributed by atoms with Crippen molar-refractivity contribution in [2.45, 2.75) is 38.3 Å². The van der Waals surface area contributed by atoms with Gasteiger partial charge in [0.25, 0.3) is 0 Å². The Morgan fingerprint density at radius 3 is 2.50 bits per heavy atom. The summed E-state index contributed by atoms with van der Waals surface area (Å²) in [6, 6.07) is 10.2. The van der Waals surface area contributed by atoms with Gasteiger partial charge in [-0.3, -0.25) is 9.69 Å². The van der Waals surface area contributed by atoms with Crippen molar-refractivity contribution in [3.05, 3.63) is 35.9 Å². The van der Waals surface area contributed by atoms with E-state index in [0.29, 0.717) is 13.0 Å². The molecule has 0 radical (unpaired) electrons. The van der Waals surface area contributed by atoms with E-state index >= 15 is 0 Å². The summed E-state index contributed by atoms with van der Waals surface area (Å²) in [6.45, 7) is 4.80. The van der Waals surface area contributed by atoms with Gasteiger partial charge in [0.2, 0.25) is 0 Å². The molecule has 110 valence electrons. The van der Waals surface area contributed by atoms with Crippen molar-refractivity contribution in [2.75, 3.05) is 19.6 Å². The summed E-state index contributed by atoms with van der Waals surface area (Å²) >= 11 is 0. The van der Waals surface area contributed by atoms with Crippen LogP contribution in [0.1, 0.15) is 37.8 Å². The summed E-state index contributed by atoms with van der Waals surface area (Å²) in [5.74, 6) is -0.763. The molecular formula is C16H24N2O2. The zero-order valence-electron chi connectivity index (χ0n) is 12.1. The van der Waals surface area contributed by atoms with E-state index in [1.165, 1.54) is 18.4 Å². The van der Waals surface area contributed by atoms with Crippen molar-refractivity contribution < 1.29 is 9.90 Å². The zero-order chi connectivity index (χ0) is 14.4. The van der Waals surface area contributed by atoms with Crippen molar-refractivity contribution in [1.29, 1.82) is 0 Å². The second-order valence-corrected chi connectivity index (χ2v) is 5.38. The Balaban J connectivity index is 2.05. The summed E-state index contributed by atoms with van der Waals surface area (Å²) in [5, 5.41) is 12.3. The van der Waals surface area contributed by atoms with Crippen LogP contribution in [-0.2, 0) is 4.79 Å². The van der Waals surface area contributed by atoms with Crippen LogP contribution in [0.15, 0.2) is 30.3 Å². The topological polar surface area (TPSA) is 52.6 Å². The highest BCUT2D eigenvalue weighted by Crippen LogP contribution is 2.24. The predicted octanol–water partition coefficient (Wildman–Crippen LogP) is 2.28. The van der Waals surface area contributed by atoms with Gasteiger partial charge in [-0.05, 0) is 37.9 Å². The first-order valence-corrected chi connectivity index (χ1v) is 7.47. The highest BCUT2D eigenvalue weighted by molar-refractivity contribution is 5.73. The third-order valence-corrected chi connectivity index (χ3v) is 4.03. The maximum absolute atomic E-state index is 11.1. The Morgan fingerprint density at radius 1 is 1.30 bits per heavy atom. The van der Waals surface area contributed by atoms with Crippen LogP contribution in [0, 0.1) is 0 Å². The Hall–Kier alpha value is -1.39. The number of hydrogen-bond acceptors (Lipinski definition) is 3. The molecule has 0 aromatic heterocycles. The normalized spacial score (nSPS) is 18.9. The molecule has 4 heteroatoms. The SMILES string of the molecule is CCC(NCC(c1ccccc1)N1CCCC1)C(=O)O. The summed E-state index contributed by atoms with van der Waals surface area (Å²) < 4.78 is 0. The van der Waals surface area contributed by atoms with Crippen LogP contribution in [0.2, 0.25) is 0 Å². The zero-order valence-corrected chi connectivity index (χ0v) is 12.1. The van der Waals surface area contributed by atoms with E-state index < -0.39 is 12.0 Å². The van der Waals surface area contributed by atoms with Crippen LogP contribution in [0.4, 0.5) is 0 Å². The first-order chi connectivity index (χ1) is 9.72. The lowest BCUT2D eigenvalue weighted by Crippen LogP contribution is -2.42. The van der Waals surface area contributed by atoms with Crippen molar-refractivity contribution in [2.24, 2.45) is 0 Å². The largest absolute Gasteiger partial charge is 0.480 e. The number of nitrogens with zero attached hydrogens (tertiary/aromatic N) is 1. The van der Waals surface area contributed by atoms with Gasteiger partial charge < -0.3 is 10.4 Å². The molecule has 1 aromatic carbocycles. The molecule has 0 bridgehead atoms. The van der Waals surface area contributed by atoms with E-state index in [0.717, 1.165) is 13.1 Å². The molecule has 20 heavy (non-hydrogen) atoms. The molecule has 0 spiro atoms. The standard InChI is InChI=1S/C16H24N2O2/c1-2-14(16(19)20)17-12-15(18-10-6-7-11-18)13-8-4-3-5-9-13/h3-5,8-9,14-15,17H,2,6-7,10-12H2,1H3,(H,19,20). The molecule has 2 atom stereocenters. The summed E-state index contributed by atoms with van der Waals surface area (Å²) in [5.41, 5.74) is 1.27. The molecular weight excluding hydrogens is 252 g/mol. The van der Waals surface area contributed by atoms with Crippen LogP contribution in [0.3, 0.4) is 0 Å². The number of rotatable bonds is 7. The fourth-order valence-electron chi connectivity index (χ4n) is 2.85. The number of carbonyl (C=O) groups is 1. The monoisotopic (exact) mass is 276 g/mol. The molecule has 2 rings (SSSR count). The highest BCUT2D eigenvalue weighted by Gasteiger charge is 2.25. The first-order valence-electron chi connectivity index (χ1n) is 7.47. The molecule has 0 aliphatic carbocycles. The van der Waals surface area contributed by atoms with Crippen molar-refractivity contribution in [1.82, 2.24) is 10.2 Å². The number of carboxylic acid groups (broad SMARTS) is 1. The van der Waals surface area contributed by atoms with Crippen LogP contribution in [0.5, 0.6) is 0 Å². The second kappa shape index (κ2) is 7.41. The lowest BCUT2D eigenvalue weighted by molar-refractivity contribution is -0.139. The number of nitrogens with one attached hydrogen (secondary N) is 1. The summed E-state index contributed by atoms with van der Waals surface area (Å²) in [4.78, 5) is 13.6. The minimum atomic E-state index is -0.763. The molecule has 2 N–H and O–H groups in total. The van der Waals surface area contributed by atoms with Crippen molar-refractivity contribution in [3.8, 4) is 0 Å². The predicted molar refractivity (Wildman–Crippen MR) is 79.7 cm³/mol. The van der Waals surface area contributed by atoms with E-state index in [4.69, 9.17) is 5.11 Å². The van der Waals surface area contributed by atoms with Crippen molar-refractivity contribution in [3.63, 3.8) is 0 Å². The average molecular weight is 276 g/mol. The van der Waals surface area contributed by atoms with Crippen LogP contribution < -0.4 is 5.32 Å². The van der Waals surface area contributed by atoms with Crippen LogP contribution >= 0.6 is 0 Å². The Bertz CT molecular complexity index is 416. The van der Waals surface area contributed by atoms with E-state index in [1.807, 2.05) is 25.1 Å². The van der Waals surface area contributed by atoms with E-state index in [9.17, 15) is 4.79 Å². The molecule has 1 aliphatic heterocycles. The van der Waals surface area contributed by atoms with E-state index in [-0.39, 0.29) is 6.04 Å². The third kappa shape index (κ3) is 3.81. The lowest BCUT2D eigenvalue weighted by atomic mass is 10.0. The van der Waals surface area contributed by atoms with E-state index in [1.54, 1.807) is 0 Å². The molecule has 0 saturated carbocycles. The van der Waals surface area contributed by atoms with Gasteiger partial charge in [-0.1, -0.05) is 37.3 Å². The quantitative estimate of drug-likeness (QED) is 0.802. The molecule has 1 aliphatic rings. The van der Waals surface area contributed by atoms with Gasteiger partial charge in [-0.25, -0.2) is 0 Å². The number of carboxylic acids is 1. The number of likely N-dealkylation sites (tertiary alicyclic amines) is 1. The van der Waals surface area contributed by atoms with Crippen molar-refractivity contribution >= 4 is 5.97 Å². The summed E-state index contributed by atoms with van der Waals surface area (Å²) in [7, 11) is 0. The number of aliphatic carboxylic acids is 1. The Labute approximate surface area is 120 Å². The van der Waals surface area contributed by atoms with Gasteiger partial charge in [0.15, 0.2) is 0 Å². The maximum Gasteiger partial charge on any atom is 0.320 e. The highest BCUT2D eigenvalue weighted by atomic mass is 16.4. The summed E-state index contributed by atoms with van der Waals surface area (Å²) in [6.07, 6.45) is 3.08. The smallest absolute Gasteiger partial charge is 0.320 e. The molecule has 1 saturated heterocycles. The first kappa shape index (κ1) is 15.0. The van der Waals surface area contributed by atoms with Crippen LogP contribution in [0.25, 0.3) is 0 Å².